The second-order valence-electron chi connectivity index (χ2n) is 6.18. The van der Waals surface area contributed by atoms with E-state index in [1.54, 1.807) is 24.3 Å². The summed E-state index contributed by atoms with van der Waals surface area (Å²) < 4.78 is 27.6. The maximum absolute atomic E-state index is 13.3. The molecule has 0 aliphatic rings. The second-order valence-corrected chi connectivity index (χ2v) is 8.04. The third kappa shape index (κ3) is 3.96. The van der Waals surface area contributed by atoms with Crippen LogP contribution in [-0.2, 0) is 19.6 Å². The summed E-state index contributed by atoms with van der Waals surface area (Å²) in [6.07, 6.45) is 0. The minimum Gasteiger partial charge on any atom is -0.368 e. The molecule has 0 radical (unpaired) electrons. The fourth-order valence-electron chi connectivity index (χ4n) is 2.91. The lowest BCUT2D eigenvalue weighted by Gasteiger charge is -2.24. The number of nitrogens with zero attached hydrogens (tertiary/aromatic N) is 1. The lowest BCUT2D eigenvalue weighted by molar-refractivity contribution is -0.116. The highest BCUT2D eigenvalue weighted by atomic mass is 32.2. The Balaban J connectivity index is 2.10. The van der Waals surface area contributed by atoms with Crippen molar-refractivity contribution < 1.29 is 18.0 Å². The summed E-state index contributed by atoms with van der Waals surface area (Å²) in [4.78, 5) is 22.8. The molecule has 0 bridgehead atoms. The van der Waals surface area contributed by atoms with Gasteiger partial charge >= 0.3 is 0 Å². The maximum atomic E-state index is 13.3. The first-order chi connectivity index (χ1) is 13.3. The Kier molecular flexibility index (Phi) is 5.32. The number of fused-ring (bicyclic) bond motifs is 1. The van der Waals surface area contributed by atoms with Crippen LogP contribution in [0.3, 0.4) is 0 Å². The molecule has 3 aromatic carbocycles. The van der Waals surface area contributed by atoms with E-state index < -0.39 is 22.5 Å². The van der Waals surface area contributed by atoms with Crippen LogP contribution in [0.4, 0.5) is 11.4 Å². The molecule has 0 saturated carbocycles. The number of nitrogens with two attached hydrogens (primary N) is 1. The van der Waals surface area contributed by atoms with Gasteiger partial charge in [-0.15, -0.1) is 0 Å². The Morgan fingerprint density at radius 3 is 2.25 bits per heavy atom. The van der Waals surface area contributed by atoms with Crippen molar-refractivity contribution in [1.82, 2.24) is 0 Å². The Hall–Kier alpha value is -3.39. The molecular weight excluding hydrogens is 378 g/mol. The van der Waals surface area contributed by atoms with E-state index in [9.17, 15) is 18.0 Å². The van der Waals surface area contributed by atoms with E-state index in [-0.39, 0.29) is 10.8 Å². The number of nitrogens with one attached hydrogen (secondary N) is 1. The van der Waals surface area contributed by atoms with E-state index in [1.165, 1.54) is 31.2 Å². The first-order valence-corrected chi connectivity index (χ1v) is 9.89. The van der Waals surface area contributed by atoms with Gasteiger partial charge in [-0.3, -0.25) is 13.9 Å². The summed E-state index contributed by atoms with van der Waals surface area (Å²) in [5.74, 6) is -1.03. The molecule has 28 heavy (non-hydrogen) atoms. The van der Waals surface area contributed by atoms with Gasteiger partial charge < -0.3 is 11.1 Å². The Morgan fingerprint density at radius 1 is 0.964 bits per heavy atom. The van der Waals surface area contributed by atoms with Crippen LogP contribution in [0.25, 0.3) is 10.8 Å². The molecule has 2 amide bonds. The van der Waals surface area contributed by atoms with Crippen LogP contribution >= 0.6 is 0 Å². The molecule has 3 N–H and O–H groups in total. The summed E-state index contributed by atoms with van der Waals surface area (Å²) in [5.41, 5.74) is 6.17. The van der Waals surface area contributed by atoms with E-state index in [2.05, 4.69) is 5.32 Å². The van der Waals surface area contributed by atoms with Gasteiger partial charge in [0.15, 0.2) is 0 Å². The topological polar surface area (TPSA) is 110 Å². The third-order valence-electron chi connectivity index (χ3n) is 4.10. The van der Waals surface area contributed by atoms with Crippen molar-refractivity contribution >= 4 is 44.0 Å². The first kappa shape index (κ1) is 19.4. The Labute approximate surface area is 162 Å². The van der Waals surface area contributed by atoms with Crippen LogP contribution < -0.4 is 15.4 Å². The van der Waals surface area contributed by atoms with E-state index in [0.29, 0.717) is 16.8 Å². The SMILES string of the molecule is CC(=O)Nc1ccc(S(=O)(=O)N(CC(N)=O)c2cccc3ccccc23)cc1. The predicted octanol–water partition coefficient (Wildman–Crippen LogP) is 2.48. The molecule has 0 heterocycles. The number of hydrogen-bond acceptors (Lipinski definition) is 4. The molecule has 0 spiro atoms. The molecule has 144 valence electrons. The molecular formula is C20H19N3O4S. The molecule has 0 saturated heterocycles. The minimum atomic E-state index is -4.07. The largest absolute Gasteiger partial charge is 0.368 e. The fraction of sp³-hybridized carbons (Fsp3) is 0.100. The molecule has 0 atom stereocenters. The highest BCUT2D eigenvalue weighted by molar-refractivity contribution is 7.92. The van der Waals surface area contributed by atoms with Crippen molar-refractivity contribution in [1.29, 1.82) is 0 Å². The molecule has 0 aliphatic carbocycles. The van der Waals surface area contributed by atoms with Gasteiger partial charge in [0.05, 0.1) is 10.6 Å². The van der Waals surface area contributed by atoms with Gasteiger partial charge in [0, 0.05) is 18.0 Å². The number of sulfonamides is 1. The van der Waals surface area contributed by atoms with Gasteiger partial charge in [-0.25, -0.2) is 8.42 Å². The first-order valence-electron chi connectivity index (χ1n) is 8.45. The zero-order valence-electron chi connectivity index (χ0n) is 15.1. The number of hydrogen-bond donors (Lipinski definition) is 2. The van der Waals surface area contributed by atoms with E-state index in [0.717, 1.165) is 9.69 Å². The molecule has 0 fully saturated rings. The van der Waals surface area contributed by atoms with Crippen LogP contribution in [0.1, 0.15) is 6.92 Å². The molecule has 0 aliphatic heterocycles. The van der Waals surface area contributed by atoms with Crippen molar-refractivity contribution in [3.63, 3.8) is 0 Å². The molecule has 7 nitrogen and oxygen atoms in total. The van der Waals surface area contributed by atoms with Crippen molar-refractivity contribution in [2.24, 2.45) is 5.73 Å². The van der Waals surface area contributed by atoms with Crippen molar-refractivity contribution in [2.75, 3.05) is 16.2 Å². The Morgan fingerprint density at radius 2 is 1.61 bits per heavy atom. The highest BCUT2D eigenvalue weighted by Crippen LogP contribution is 2.31. The number of carbonyl (C=O) groups is 2. The maximum Gasteiger partial charge on any atom is 0.264 e. The van der Waals surface area contributed by atoms with Crippen LogP contribution in [0.15, 0.2) is 71.6 Å². The summed E-state index contributed by atoms with van der Waals surface area (Å²) in [6, 6.07) is 18.2. The van der Waals surface area contributed by atoms with Gasteiger partial charge in [-0.1, -0.05) is 36.4 Å². The summed E-state index contributed by atoms with van der Waals surface area (Å²) in [6.45, 7) is 0.865. The zero-order valence-corrected chi connectivity index (χ0v) is 15.9. The van der Waals surface area contributed by atoms with E-state index in [4.69, 9.17) is 5.73 Å². The van der Waals surface area contributed by atoms with Gasteiger partial charge in [-0.2, -0.15) is 0 Å². The standard InChI is InChI=1S/C20H19N3O4S/c1-14(24)22-16-9-11-17(12-10-16)28(26,27)23(13-20(21)25)19-8-4-6-15-5-2-3-7-18(15)19/h2-12H,13H2,1H3,(H2,21,25)(H,22,24). The van der Waals surface area contributed by atoms with Gasteiger partial charge in [0.25, 0.3) is 10.0 Å². The average Bonchev–Trinajstić information content (AvgIpc) is 2.65. The zero-order chi connectivity index (χ0) is 20.3. The van der Waals surface area contributed by atoms with Crippen molar-refractivity contribution in [3.8, 4) is 0 Å². The highest BCUT2D eigenvalue weighted by Gasteiger charge is 2.27. The molecule has 0 unspecified atom stereocenters. The van der Waals surface area contributed by atoms with Gasteiger partial charge in [0.1, 0.15) is 6.54 Å². The predicted molar refractivity (Wildman–Crippen MR) is 108 cm³/mol. The summed E-state index contributed by atoms with van der Waals surface area (Å²) >= 11 is 0. The average molecular weight is 397 g/mol. The summed E-state index contributed by atoms with van der Waals surface area (Å²) in [5, 5.41) is 4.10. The normalized spacial score (nSPS) is 11.2. The van der Waals surface area contributed by atoms with Crippen molar-refractivity contribution in [3.05, 3.63) is 66.7 Å². The number of rotatable bonds is 6. The molecule has 0 aromatic heterocycles. The Bertz CT molecular complexity index is 1140. The number of primary amides is 1. The number of anilines is 2. The summed E-state index contributed by atoms with van der Waals surface area (Å²) in [7, 11) is -4.07. The van der Waals surface area contributed by atoms with Gasteiger partial charge in [0.2, 0.25) is 11.8 Å². The van der Waals surface area contributed by atoms with Gasteiger partial charge in [-0.05, 0) is 35.7 Å². The second kappa shape index (κ2) is 7.69. The van der Waals surface area contributed by atoms with Crippen LogP contribution in [0.2, 0.25) is 0 Å². The van der Waals surface area contributed by atoms with E-state index in [1.807, 2.05) is 18.2 Å². The lowest BCUT2D eigenvalue weighted by atomic mass is 10.1. The van der Waals surface area contributed by atoms with Crippen LogP contribution in [-0.4, -0.2) is 26.8 Å². The monoisotopic (exact) mass is 397 g/mol. The van der Waals surface area contributed by atoms with Crippen LogP contribution in [0, 0.1) is 0 Å². The van der Waals surface area contributed by atoms with Crippen molar-refractivity contribution in [2.45, 2.75) is 11.8 Å². The molecule has 3 aromatic rings. The van der Waals surface area contributed by atoms with E-state index >= 15 is 0 Å². The third-order valence-corrected chi connectivity index (χ3v) is 5.87. The molecule has 3 rings (SSSR count). The minimum absolute atomic E-state index is 0.0178. The quantitative estimate of drug-likeness (QED) is 0.666. The number of benzene rings is 3. The van der Waals surface area contributed by atoms with Crippen LogP contribution in [0.5, 0.6) is 0 Å². The number of carbonyl (C=O) groups excluding carboxylic acids is 2. The number of amides is 2. The smallest absolute Gasteiger partial charge is 0.264 e. The lowest BCUT2D eigenvalue weighted by Crippen LogP contribution is -2.38. The molecule has 8 heteroatoms. The fourth-order valence-corrected chi connectivity index (χ4v) is 4.36.